The molecule has 3 nitrogen and oxygen atoms in total. The molecule has 1 aromatic rings. The number of unbranched alkanes of at least 4 members (excludes halogenated alkanes) is 2. The molecular weight excluding hydrogens is 406 g/mol. The molecular formula is C24H35ClF2N2O. The van der Waals surface area contributed by atoms with Crippen LogP contribution in [0, 0.1) is 6.92 Å². The summed E-state index contributed by atoms with van der Waals surface area (Å²) in [6, 6.07) is 5.59. The van der Waals surface area contributed by atoms with Crippen molar-refractivity contribution >= 4 is 23.6 Å². The van der Waals surface area contributed by atoms with E-state index < -0.39 is 5.92 Å². The average Bonchev–Trinajstić information content (AvgIpc) is 3.01. The van der Waals surface area contributed by atoms with Crippen LogP contribution in [0.4, 0.5) is 14.5 Å². The van der Waals surface area contributed by atoms with Crippen molar-refractivity contribution in [3.63, 3.8) is 0 Å². The molecule has 6 heteroatoms. The molecule has 3 rings (SSSR count). The number of aryl methyl sites for hydroxylation is 1. The van der Waals surface area contributed by atoms with Crippen LogP contribution in [0.2, 0.25) is 0 Å². The normalized spacial score (nSPS) is 19.7. The van der Waals surface area contributed by atoms with Crippen LogP contribution in [0.15, 0.2) is 42.1 Å². The second kappa shape index (κ2) is 13.6. The van der Waals surface area contributed by atoms with E-state index in [1.54, 1.807) is 18.0 Å². The van der Waals surface area contributed by atoms with E-state index >= 15 is 0 Å². The zero-order chi connectivity index (χ0) is 22.6. The number of halogens is 3. The highest BCUT2D eigenvalue weighted by Gasteiger charge is 2.36. The van der Waals surface area contributed by atoms with Crippen LogP contribution < -0.4 is 5.32 Å². The third-order valence-corrected chi connectivity index (χ3v) is 5.08. The smallest absolute Gasteiger partial charge is 0.261 e. The Labute approximate surface area is 185 Å². The van der Waals surface area contributed by atoms with Gasteiger partial charge in [-0.25, -0.2) is 8.78 Å². The molecule has 0 saturated carbocycles. The maximum Gasteiger partial charge on any atom is 0.261 e. The maximum atomic E-state index is 12.2. The number of alkyl halides is 3. The number of hydrogen-bond donors (Lipinski definition) is 1. The Hall–Kier alpha value is -1.72. The molecule has 1 N–H and O–H groups in total. The molecule has 30 heavy (non-hydrogen) atoms. The molecule has 1 aliphatic heterocycles. The minimum atomic E-state index is -2.41. The second-order valence-electron chi connectivity index (χ2n) is 7.81. The summed E-state index contributed by atoms with van der Waals surface area (Å²) in [5.74, 6) is -2.41. The highest BCUT2D eigenvalue weighted by Crippen LogP contribution is 2.25. The zero-order valence-corrected chi connectivity index (χ0v) is 19.3. The Kier molecular flexibility index (Phi) is 11.9. The van der Waals surface area contributed by atoms with Crippen LogP contribution >= 0.6 is 11.6 Å². The Morgan fingerprint density at radius 3 is 2.40 bits per heavy atom. The predicted molar refractivity (Wildman–Crippen MR) is 124 cm³/mol. The number of carbonyl (C=O) groups is 1. The van der Waals surface area contributed by atoms with Gasteiger partial charge in [0.05, 0.1) is 11.9 Å². The molecule has 0 spiro atoms. The van der Waals surface area contributed by atoms with Gasteiger partial charge in [-0.2, -0.15) is 0 Å². The van der Waals surface area contributed by atoms with Crippen molar-refractivity contribution in [3.8, 4) is 0 Å². The van der Waals surface area contributed by atoms with Crippen LogP contribution in [0.1, 0.15) is 61.9 Å². The minimum absolute atomic E-state index is 0.0312. The van der Waals surface area contributed by atoms with Crippen molar-refractivity contribution in [2.75, 3.05) is 25.5 Å². The lowest BCUT2D eigenvalue weighted by Crippen LogP contribution is -2.21. The van der Waals surface area contributed by atoms with E-state index in [0.717, 1.165) is 29.7 Å². The quantitative estimate of drug-likeness (QED) is 0.402. The van der Waals surface area contributed by atoms with Crippen LogP contribution in [-0.2, 0) is 0 Å². The molecule has 1 aromatic carbocycles. The van der Waals surface area contributed by atoms with Gasteiger partial charge in [0.2, 0.25) is 0 Å². The fraction of sp³-hybridized carbons (Fsp3) is 0.542. The monoisotopic (exact) mass is 440 g/mol. The molecule has 1 unspecified atom stereocenters. The topological polar surface area (TPSA) is 32.3 Å². The highest BCUT2D eigenvalue weighted by atomic mass is 35.5. The lowest BCUT2D eigenvalue weighted by molar-refractivity contribution is 0.0146. The predicted octanol–water partition coefficient (Wildman–Crippen LogP) is 6.82. The number of hydrogen-bond acceptors (Lipinski definition) is 3. The van der Waals surface area contributed by atoms with Crippen molar-refractivity contribution < 1.29 is 13.6 Å². The number of anilines is 1. The Bertz CT molecular complexity index is 717. The number of allylic oxidation sites excluding steroid dienone is 4. The molecule has 2 aliphatic rings. The van der Waals surface area contributed by atoms with Crippen LogP contribution in [0.3, 0.4) is 0 Å². The first-order valence-electron chi connectivity index (χ1n) is 10.6. The number of nitrogens with zero attached hydrogens (tertiary/aromatic N) is 1. The van der Waals surface area contributed by atoms with Crippen LogP contribution in [-0.4, -0.2) is 42.6 Å². The SMILES string of the molecule is CCCCC.CN1CCC(F)(F)C1.Cc1cc(C=O)ccc1NC1=CC=CC(Cl)C1. The van der Waals surface area contributed by atoms with E-state index in [4.69, 9.17) is 11.6 Å². The third-order valence-electron chi connectivity index (χ3n) is 4.78. The zero-order valence-electron chi connectivity index (χ0n) is 18.6. The summed E-state index contributed by atoms with van der Waals surface area (Å²) in [6.45, 7) is 6.87. The number of likely N-dealkylation sites (tertiary alicyclic amines) is 1. The fourth-order valence-electron chi connectivity index (χ4n) is 3.07. The van der Waals surface area contributed by atoms with E-state index in [0.29, 0.717) is 12.1 Å². The van der Waals surface area contributed by atoms with Gasteiger partial charge < -0.3 is 10.2 Å². The molecule has 1 atom stereocenters. The number of nitrogens with one attached hydrogen (secondary N) is 1. The molecule has 0 radical (unpaired) electrons. The van der Waals surface area contributed by atoms with Gasteiger partial charge in [-0.15, -0.1) is 11.6 Å². The average molecular weight is 441 g/mol. The Morgan fingerprint density at radius 2 is 2.00 bits per heavy atom. The number of aldehydes is 1. The number of rotatable bonds is 5. The lowest BCUT2D eigenvalue weighted by atomic mass is 10.1. The summed E-state index contributed by atoms with van der Waals surface area (Å²) in [5, 5.41) is 3.39. The van der Waals surface area contributed by atoms with Crippen LogP contribution in [0.25, 0.3) is 0 Å². The summed E-state index contributed by atoms with van der Waals surface area (Å²) in [4.78, 5) is 12.3. The maximum absolute atomic E-state index is 12.2. The van der Waals surface area contributed by atoms with Crippen molar-refractivity contribution in [2.45, 2.75) is 64.2 Å². The lowest BCUT2D eigenvalue weighted by Gasteiger charge is -2.17. The van der Waals surface area contributed by atoms with Gasteiger partial charge in [0, 0.05) is 36.3 Å². The van der Waals surface area contributed by atoms with Crippen molar-refractivity contribution in [1.82, 2.24) is 4.90 Å². The molecule has 0 bridgehead atoms. The van der Waals surface area contributed by atoms with Gasteiger partial charge in [0.15, 0.2) is 0 Å². The Balaban J connectivity index is 0.000000286. The van der Waals surface area contributed by atoms with Gasteiger partial charge in [-0.1, -0.05) is 45.3 Å². The highest BCUT2D eigenvalue weighted by molar-refractivity contribution is 6.22. The van der Waals surface area contributed by atoms with Gasteiger partial charge in [-0.3, -0.25) is 4.79 Å². The first-order chi connectivity index (χ1) is 14.2. The van der Waals surface area contributed by atoms with Crippen molar-refractivity contribution in [2.24, 2.45) is 0 Å². The van der Waals surface area contributed by atoms with Gasteiger partial charge in [0.25, 0.3) is 5.92 Å². The fourth-order valence-corrected chi connectivity index (χ4v) is 3.32. The van der Waals surface area contributed by atoms with E-state index in [9.17, 15) is 13.6 Å². The van der Waals surface area contributed by atoms with Gasteiger partial charge >= 0.3 is 0 Å². The van der Waals surface area contributed by atoms with Gasteiger partial charge in [-0.05, 0) is 43.8 Å². The van der Waals surface area contributed by atoms with E-state index in [2.05, 4.69) is 19.2 Å². The summed E-state index contributed by atoms with van der Waals surface area (Å²) < 4.78 is 24.3. The van der Waals surface area contributed by atoms with E-state index in [1.165, 1.54) is 19.3 Å². The number of benzene rings is 1. The molecule has 168 valence electrons. The van der Waals surface area contributed by atoms with E-state index in [-0.39, 0.29) is 18.3 Å². The summed E-state index contributed by atoms with van der Waals surface area (Å²) in [6.07, 6.45) is 11.7. The molecule has 1 saturated heterocycles. The first-order valence-corrected chi connectivity index (χ1v) is 11.0. The molecule has 0 amide bonds. The molecule has 1 aliphatic carbocycles. The second-order valence-corrected chi connectivity index (χ2v) is 8.37. The Morgan fingerprint density at radius 1 is 1.30 bits per heavy atom. The minimum Gasteiger partial charge on any atom is -0.359 e. The van der Waals surface area contributed by atoms with Crippen molar-refractivity contribution in [3.05, 3.63) is 53.3 Å². The molecule has 1 heterocycles. The largest absolute Gasteiger partial charge is 0.359 e. The summed E-state index contributed by atoms with van der Waals surface area (Å²) >= 11 is 6.05. The first kappa shape index (κ1) is 26.3. The van der Waals surface area contributed by atoms with Crippen LogP contribution in [0.5, 0.6) is 0 Å². The summed E-state index contributed by atoms with van der Waals surface area (Å²) in [7, 11) is 1.71. The van der Waals surface area contributed by atoms with Crippen molar-refractivity contribution in [1.29, 1.82) is 0 Å². The third kappa shape index (κ3) is 10.4. The molecule has 0 aromatic heterocycles. The van der Waals surface area contributed by atoms with Gasteiger partial charge in [0.1, 0.15) is 6.29 Å². The molecule has 1 fully saturated rings. The standard InChI is InChI=1S/C14H14ClNO.C5H9F2N.C5H12/c1-10-7-11(9-17)5-6-14(10)16-13-4-2-3-12(15)8-13;1-8-3-2-5(6,7)4-8;1-3-5-4-2/h2-7,9,12,16H,8H2,1H3;2-4H2,1H3;3-5H2,1-2H3. The number of carbonyl (C=O) groups excluding carboxylic acids is 1. The van der Waals surface area contributed by atoms with E-state index in [1.807, 2.05) is 37.3 Å². The summed E-state index contributed by atoms with van der Waals surface area (Å²) in [5.41, 5.74) is 3.85.